The van der Waals surface area contributed by atoms with Gasteiger partial charge in [-0.05, 0) is 86.0 Å². The summed E-state index contributed by atoms with van der Waals surface area (Å²) < 4.78 is 1.72. The van der Waals surface area contributed by atoms with E-state index in [1.165, 1.54) is 44.5 Å². The maximum atomic E-state index is 13.8. The summed E-state index contributed by atoms with van der Waals surface area (Å²) in [7, 11) is 0. The second-order valence-electron chi connectivity index (χ2n) is 12.7. The van der Waals surface area contributed by atoms with Crippen molar-refractivity contribution in [2.75, 3.05) is 0 Å². The van der Waals surface area contributed by atoms with Crippen molar-refractivity contribution in [3.63, 3.8) is 0 Å². The van der Waals surface area contributed by atoms with Crippen LogP contribution in [0.3, 0.4) is 0 Å². The Bertz CT molecular complexity index is 2570. The zero-order valence-corrected chi connectivity index (χ0v) is 26.0. The summed E-state index contributed by atoms with van der Waals surface area (Å²) in [6.45, 7) is 0. The fourth-order valence-electron chi connectivity index (χ4n) is 8.23. The third kappa shape index (κ3) is 3.59. The van der Waals surface area contributed by atoms with Gasteiger partial charge in [0.1, 0.15) is 5.82 Å². The molecule has 0 aliphatic heterocycles. The first kappa shape index (κ1) is 26.9. The maximum absolute atomic E-state index is 13.8. The van der Waals surface area contributed by atoms with Gasteiger partial charge in [-0.1, -0.05) is 140 Å². The van der Waals surface area contributed by atoms with E-state index in [2.05, 4.69) is 115 Å². The summed E-state index contributed by atoms with van der Waals surface area (Å²) >= 11 is 0. The van der Waals surface area contributed by atoms with Gasteiger partial charge in [-0.15, -0.1) is 0 Å². The van der Waals surface area contributed by atoms with Gasteiger partial charge in [0.25, 0.3) is 5.56 Å². The van der Waals surface area contributed by atoms with E-state index in [-0.39, 0.29) is 11.0 Å². The lowest BCUT2D eigenvalue weighted by Gasteiger charge is -2.30. The third-order valence-corrected chi connectivity index (χ3v) is 10.3. The number of hydrogen-bond acceptors (Lipinski definition) is 2. The summed E-state index contributed by atoms with van der Waals surface area (Å²) in [6, 6.07) is 59.4. The number of hydrogen-bond donors (Lipinski definition) is 0. The van der Waals surface area contributed by atoms with E-state index in [0.29, 0.717) is 16.7 Å². The van der Waals surface area contributed by atoms with E-state index in [9.17, 15) is 4.79 Å². The molecule has 0 saturated carbocycles. The average Bonchev–Trinajstić information content (AvgIpc) is 3.62. The molecular formula is C45H28N2O. The molecule has 224 valence electrons. The molecule has 2 aliphatic rings. The number of para-hydroxylation sites is 2. The smallest absolute Gasteiger partial charge is 0.266 e. The van der Waals surface area contributed by atoms with E-state index in [0.717, 1.165) is 22.4 Å². The Balaban J connectivity index is 1.15. The zero-order chi connectivity index (χ0) is 31.8. The van der Waals surface area contributed by atoms with Crippen molar-refractivity contribution in [2.24, 2.45) is 0 Å². The number of nitrogens with zero attached hydrogens (tertiary/aromatic N) is 2. The minimum atomic E-state index is -0.379. The third-order valence-electron chi connectivity index (χ3n) is 10.3. The predicted octanol–water partition coefficient (Wildman–Crippen LogP) is 10.1. The minimum absolute atomic E-state index is 0.0773. The number of aromatic nitrogens is 2. The molecule has 0 fully saturated rings. The van der Waals surface area contributed by atoms with Crippen LogP contribution >= 0.6 is 0 Å². The first-order valence-corrected chi connectivity index (χ1v) is 16.4. The molecule has 1 aromatic heterocycles. The first-order valence-electron chi connectivity index (χ1n) is 16.4. The van der Waals surface area contributed by atoms with Crippen molar-refractivity contribution in [1.29, 1.82) is 0 Å². The Morgan fingerprint density at radius 3 is 1.58 bits per heavy atom. The van der Waals surface area contributed by atoms with Crippen LogP contribution in [0.1, 0.15) is 22.3 Å². The van der Waals surface area contributed by atoms with Crippen molar-refractivity contribution in [3.8, 4) is 50.5 Å². The van der Waals surface area contributed by atoms with Crippen LogP contribution in [0.15, 0.2) is 175 Å². The molecule has 0 radical (unpaired) electrons. The van der Waals surface area contributed by atoms with Crippen LogP contribution in [0.25, 0.3) is 61.4 Å². The minimum Gasteiger partial charge on any atom is -0.268 e. The fraction of sp³-hybridized carbons (Fsp3) is 0.0222. The quantitative estimate of drug-likeness (QED) is 0.199. The molecule has 0 amide bonds. The van der Waals surface area contributed by atoms with Crippen LogP contribution in [0.2, 0.25) is 0 Å². The maximum Gasteiger partial charge on any atom is 0.266 e. The SMILES string of the molecule is O=c1c2ccccc2nc(-c2ccc(-c3ccc4c(c3)C3(c5ccccc5-c5ccccc53)c3ccccc3-4)cc2)n1-c1ccccc1. The summed E-state index contributed by atoms with van der Waals surface area (Å²) in [5, 5.41) is 0.602. The average molecular weight is 613 g/mol. The molecule has 3 nitrogen and oxygen atoms in total. The van der Waals surface area contributed by atoms with Crippen LogP contribution in [0.5, 0.6) is 0 Å². The summed E-state index contributed by atoms with van der Waals surface area (Å²) in [4.78, 5) is 18.8. The van der Waals surface area contributed by atoms with Gasteiger partial charge in [-0.3, -0.25) is 9.36 Å². The first-order chi connectivity index (χ1) is 23.7. The molecule has 0 bridgehead atoms. The molecule has 1 spiro atoms. The molecule has 0 atom stereocenters. The highest BCUT2D eigenvalue weighted by Crippen LogP contribution is 2.62. The lowest BCUT2D eigenvalue weighted by molar-refractivity contribution is 0.794. The van der Waals surface area contributed by atoms with Gasteiger partial charge in [-0.2, -0.15) is 0 Å². The normalized spacial score (nSPS) is 13.2. The van der Waals surface area contributed by atoms with Gasteiger partial charge in [0.15, 0.2) is 0 Å². The van der Waals surface area contributed by atoms with E-state index < -0.39 is 0 Å². The standard InChI is InChI=1S/C45H28N2O/c48-44-37-17-7-11-21-42(37)46-43(47(44)32-12-2-1-3-13-32)30-24-22-29(23-25-30)31-26-27-36-35-16-6-10-20-40(35)45(41(36)28-31)38-18-8-4-14-33(38)34-15-5-9-19-39(34)45/h1-28H. The molecule has 0 N–H and O–H groups in total. The van der Waals surface area contributed by atoms with Gasteiger partial charge in [0.2, 0.25) is 0 Å². The molecule has 0 saturated heterocycles. The van der Waals surface area contributed by atoms with Crippen molar-refractivity contribution in [3.05, 3.63) is 202 Å². The van der Waals surface area contributed by atoms with E-state index in [1.54, 1.807) is 4.57 Å². The summed E-state index contributed by atoms with van der Waals surface area (Å²) in [6.07, 6.45) is 0. The highest BCUT2D eigenvalue weighted by molar-refractivity contribution is 5.96. The van der Waals surface area contributed by atoms with Crippen LogP contribution in [-0.4, -0.2) is 9.55 Å². The molecule has 0 unspecified atom stereocenters. The van der Waals surface area contributed by atoms with E-state index in [4.69, 9.17) is 4.98 Å². The Morgan fingerprint density at radius 1 is 0.438 bits per heavy atom. The summed E-state index contributed by atoms with van der Waals surface area (Å²) in [5.41, 5.74) is 14.7. The van der Waals surface area contributed by atoms with Gasteiger partial charge in [-0.25, -0.2) is 4.98 Å². The Kier molecular flexibility index (Phi) is 5.64. The van der Waals surface area contributed by atoms with Gasteiger partial charge in [0, 0.05) is 5.56 Å². The van der Waals surface area contributed by atoms with Crippen molar-refractivity contribution >= 4 is 10.9 Å². The lowest BCUT2D eigenvalue weighted by Crippen LogP contribution is -2.25. The molecule has 3 heteroatoms. The Labute approximate surface area is 278 Å². The molecule has 2 aliphatic carbocycles. The molecular weight excluding hydrogens is 585 g/mol. The largest absolute Gasteiger partial charge is 0.268 e. The summed E-state index contributed by atoms with van der Waals surface area (Å²) in [5.74, 6) is 0.624. The van der Waals surface area contributed by atoms with Crippen LogP contribution in [-0.2, 0) is 5.41 Å². The zero-order valence-electron chi connectivity index (χ0n) is 26.0. The number of fused-ring (bicyclic) bond motifs is 11. The Hall–Kier alpha value is -6.32. The molecule has 7 aromatic carbocycles. The highest BCUT2D eigenvalue weighted by Gasteiger charge is 2.51. The van der Waals surface area contributed by atoms with Gasteiger partial charge in [0.05, 0.1) is 22.0 Å². The lowest BCUT2D eigenvalue weighted by atomic mass is 9.70. The van der Waals surface area contributed by atoms with Gasteiger partial charge < -0.3 is 0 Å². The van der Waals surface area contributed by atoms with E-state index >= 15 is 0 Å². The topological polar surface area (TPSA) is 34.9 Å². The van der Waals surface area contributed by atoms with Crippen LogP contribution in [0.4, 0.5) is 0 Å². The predicted molar refractivity (Wildman–Crippen MR) is 195 cm³/mol. The van der Waals surface area contributed by atoms with E-state index in [1.807, 2.05) is 54.6 Å². The van der Waals surface area contributed by atoms with Crippen molar-refractivity contribution in [2.45, 2.75) is 5.41 Å². The molecule has 48 heavy (non-hydrogen) atoms. The number of benzene rings is 7. The van der Waals surface area contributed by atoms with Crippen LogP contribution in [0, 0.1) is 0 Å². The Morgan fingerprint density at radius 2 is 0.938 bits per heavy atom. The second kappa shape index (κ2) is 10.1. The molecule has 10 rings (SSSR count). The van der Waals surface area contributed by atoms with Crippen molar-refractivity contribution in [1.82, 2.24) is 9.55 Å². The monoisotopic (exact) mass is 612 g/mol. The van der Waals surface area contributed by atoms with Crippen LogP contribution < -0.4 is 5.56 Å². The second-order valence-corrected chi connectivity index (χ2v) is 12.7. The molecule has 1 heterocycles. The molecule has 8 aromatic rings. The highest BCUT2D eigenvalue weighted by atomic mass is 16.1. The fourth-order valence-corrected chi connectivity index (χ4v) is 8.23. The number of rotatable bonds is 3. The van der Waals surface area contributed by atoms with Gasteiger partial charge >= 0.3 is 0 Å². The van der Waals surface area contributed by atoms with Crippen molar-refractivity contribution < 1.29 is 0 Å².